The van der Waals surface area contributed by atoms with Gasteiger partial charge in [0.2, 0.25) is 0 Å². The molecule has 0 aliphatic rings. The van der Waals surface area contributed by atoms with Crippen LogP contribution in [0.4, 0.5) is 5.69 Å². The Morgan fingerprint density at radius 2 is 1.79 bits per heavy atom. The molecule has 0 saturated carbocycles. The average molecular weight is 361 g/mol. The van der Waals surface area contributed by atoms with Crippen molar-refractivity contribution in [1.82, 2.24) is 14.8 Å². The van der Waals surface area contributed by atoms with Crippen molar-refractivity contribution in [2.45, 2.75) is 13.8 Å². The SMILES string of the molecule is Cc1cc(C)n(-c2ccc(Cl)c(C(=O)Nc3ccc(Cl)cc3)n2)n1. The van der Waals surface area contributed by atoms with Crippen LogP contribution in [0, 0.1) is 13.8 Å². The predicted molar refractivity (Wildman–Crippen MR) is 95.2 cm³/mol. The fourth-order valence-electron chi connectivity index (χ4n) is 2.29. The summed E-state index contributed by atoms with van der Waals surface area (Å²) in [7, 11) is 0. The molecule has 5 nitrogen and oxygen atoms in total. The maximum Gasteiger partial charge on any atom is 0.275 e. The van der Waals surface area contributed by atoms with E-state index in [1.165, 1.54) is 0 Å². The molecule has 2 aromatic heterocycles. The molecule has 0 fully saturated rings. The van der Waals surface area contributed by atoms with Crippen LogP contribution in [0.3, 0.4) is 0 Å². The highest BCUT2D eigenvalue weighted by atomic mass is 35.5. The molecule has 7 heteroatoms. The zero-order valence-electron chi connectivity index (χ0n) is 13.0. The van der Waals surface area contributed by atoms with Gasteiger partial charge in [0.15, 0.2) is 5.82 Å². The predicted octanol–water partition coefficient (Wildman–Crippen LogP) is 4.44. The zero-order valence-corrected chi connectivity index (χ0v) is 14.6. The molecule has 24 heavy (non-hydrogen) atoms. The van der Waals surface area contributed by atoms with Gasteiger partial charge < -0.3 is 5.32 Å². The Labute approximate surface area is 149 Å². The molecular weight excluding hydrogens is 347 g/mol. The fraction of sp³-hybridized carbons (Fsp3) is 0.118. The Bertz CT molecular complexity index is 903. The summed E-state index contributed by atoms with van der Waals surface area (Å²) >= 11 is 12.0. The molecule has 0 atom stereocenters. The third-order valence-electron chi connectivity index (χ3n) is 3.38. The third kappa shape index (κ3) is 3.42. The van der Waals surface area contributed by atoms with Crippen molar-refractivity contribution in [3.8, 4) is 5.82 Å². The van der Waals surface area contributed by atoms with Gasteiger partial charge >= 0.3 is 0 Å². The number of aryl methyl sites for hydroxylation is 2. The summed E-state index contributed by atoms with van der Waals surface area (Å²) in [6.07, 6.45) is 0. The van der Waals surface area contributed by atoms with Crippen LogP contribution in [0.25, 0.3) is 5.82 Å². The lowest BCUT2D eigenvalue weighted by molar-refractivity contribution is 0.102. The summed E-state index contributed by atoms with van der Waals surface area (Å²) in [5.74, 6) is 0.136. The first-order valence-electron chi connectivity index (χ1n) is 7.21. The Morgan fingerprint density at radius 1 is 1.08 bits per heavy atom. The van der Waals surface area contributed by atoms with E-state index in [0.717, 1.165) is 11.4 Å². The standard InChI is InChI=1S/C17H14Cl2N4O/c1-10-9-11(2)23(22-10)15-8-7-14(19)16(21-15)17(24)20-13-5-3-12(18)4-6-13/h3-9H,1-2H3,(H,20,24). The lowest BCUT2D eigenvalue weighted by atomic mass is 10.3. The second-order valence-electron chi connectivity index (χ2n) is 5.30. The van der Waals surface area contributed by atoms with Gasteiger partial charge in [-0.25, -0.2) is 9.67 Å². The van der Waals surface area contributed by atoms with Gasteiger partial charge in [0.25, 0.3) is 5.91 Å². The van der Waals surface area contributed by atoms with E-state index in [4.69, 9.17) is 23.2 Å². The Morgan fingerprint density at radius 3 is 2.42 bits per heavy atom. The molecule has 0 spiro atoms. The lowest BCUT2D eigenvalue weighted by Gasteiger charge is -2.09. The fourth-order valence-corrected chi connectivity index (χ4v) is 2.61. The van der Waals surface area contributed by atoms with E-state index in [1.807, 2.05) is 19.9 Å². The third-order valence-corrected chi connectivity index (χ3v) is 3.93. The Hall–Kier alpha value is -2.37. The van der Waals surface area contributed by atoms with E-state index in [9.17, 15) is 4.79 Å². The first-order valence-corrected chi connectivity index (χ1v) is 7.97. The number of rotatable bonds is 3. The summed E-state index contributed by atoms with van der Waals surface area (Å²) in [6.45, 7) is 3.82. The van der Waals surface area contributed by atoms with Gasteiger partial charge in [-0.1, -0.05) is 23.2 Å². The minimum atomic E-state index is -0.397. The number of nitrogens with one attached hydrogen (secondary N) is 1. The highest BCUT2D eigenvalue weighted by Crippen LogP contribution is 2.20. The van der Waals surface area contributed by atoms with E-state index >= 15 is 0 Å². The molecule has 2 heterocycles. The molecule has 0 aliphatic carbocycles. The van der Waals surface area contributed by atoms with Crippen molar-refractivity contribution < 1.29 is 4.79 Å². The van der Waals surface area contributed by atoms with Crippen molar-refractivity contribution in [2.75, 3.05) is 5.32 Å². The number of halogens is 2. The number of carbonyl (C=O) groups excluding carboxylic acids is 1. The molecule has 3 aromatic rings. The zero-order chi connectivity index (χ0) is 17.3. The Balaban J connectivity index is 1.92. The van der Waals surface area contributed by atoms with Gasteiger partial charge in [0, 0.05) is 16.4 Å². The molecule has 1 N–H and O–H groups in total. The topological polar surface area (TPSA) is 59.8 Å². The maximum atomic E-state index is 12.5. The number of nitrogens with zero attached hydrogens (tertiary/aromatic N) is 3. The van der Waals surface area contributed by atoms with Crippen LogP contribution in [0.2, 0.25) is 10.0 Å². The number of hydrogen-bond acceptors (Lipinski definition) is 3. The van der Waals surface area contributed by atoms with Gasteiger partial charge in [0.1, 0.15) is 5.69 Å². The van der Waals surface area contributed by atoms with Crippen LogP contribution >= 0.6 is 23.2 Å². The van der Waals surface area contributed by atoms with Crippen LogP contribution in [0.1, 0.15) is 21.9 Å². The quantitative estimate of drug-likeness (QED) is 0.750. The number of benzene rings is 1. The van der Waals surface area contributed by atoms with E-state index < -0.39 is 5.91 Å². The first-order chi connectivity index (χ1) is 11.4. The molecule has 1 aromatic carbocycles. The second kappa shape index (κ2) is 6.63. The van der Waals surface area contributed by atoms with E-state index in [0.29, 0.717) is 16.5 Å². The van der Waals surface area contributed by atoms with E-state index in [-0.39, 0.29) is 10.7 Å². The van der Waals surface area contributed by atoms with E-state index in [2.05, 4.69) is 15.4 Å². The van der Waals surface area contributed by atoms with Crippen molar-refractivity contribution >= 4 is 34.8 Å². The first kappa shape index (κ1) is 16.5. The minimum absolute atomic E-state index is 0.136. The molecule has 0 bridgehead atoms. The highest BCUT2D eigenvalue weighted by Gasteiger charge is 2.15. The molecule has 122 valence electrons. The van der Waals surface area contributed by atoms with Crippen LogP contribution in [0.5, 0.6) is 0 Å². The van der Waals surface area contributed by atoms with Crippen molar-refractivity contribution in [1.29, 1.82) is 0 Å². The van der Waals surface area contributed by atoms with Gasteiger partial charge in [-0.3, -0.25) is 4.79 Å². The summed E-state index contributed by atoms with van der Waals surface area (Å²) in [5, 5.41) is 7.98. The molecule has 3 rings (SSSR count). The van der Waals surface area contributed by atoms with Gasteiger partial charge in [-0.2, -0.15) is 5.10 Å². The van der Waals surface area contributed by atoms with Crippen molar-refractivity contribution in [3.63, 3.8) is 0 Å². The maximum absolute atomic E-state index is 12.5. The number of anilines is 1. The van der Waals surface area contributed by atoms with Crippen LogP contribution < -0.4 is 5.32 Å². The molecular formula is C17H14Cl2N4O. The number of carbonyl (C=O) groups is 1. The molecule has 1 amide bonds. The van der Waals surface area contributed by atoms with Gasteiger partial charge in [0.05, 0.1) is 10.7 Å². The minimum Gasteiger partial charge on any atom is -0.321 e. The lowest BCUT2D eigenvalue weighted by Crippen LogP contribution is -2.16. The normalized spacial score (nSPS) is 10.7. The molecule has 0 saturated heterocycles. The number of pyridine rings is 1. The Kier molecular flexibility index (Phi) is 4.55. The number of amides is 1. The van der Waals surface area contributed by atoms with Crippen molar-refractivity contribution in [3.05, 3.63) is 69.6 Å². The van der Waals surface area contributed by atoms with Crippen LogP contribution in [-0.4, -0.2) is 20.7 Å². The second-order valence-corrected chi connectivity index (χ2v) is 6.14. The van der Waals surface area contributed by atoms with Gasteiger partial charge in [-0.15, -0.1) is 0 Å². The van der Waals surface area contributed by atoms with Gasteiger partial charge in [-0.05, 0) is 56.3 Å². The largest absolute Gasteiger partial charge is 0.321 e. The highest BCUT2D eigenvalue weighted by molar-refractivity contribution is 6.34. The summed E-state index contributed by atoms with van der Waals surface area (Å²) in [6, 6.07) is 12.1. The van der Waals surface area contributed by atoms with E-state index in [1.54, 1.807) is 41.1 Å². The number of aromatic nitrogens is 3. The smallest absolute Gasteiger partial charge is 0.275 e. The summed E-state index contributed by atoms with van der Waals surface area (Å²) in [4.78, 5) is 16.8. The monoisotopic (exact) mass is 360 g/mol. The van der Waals surface area contributed by atoms with Crippen LogP contribution in [0.15, 0.2) is 42.5 Å². The van der Waals surface area contributed by atoms with Crippen molar-refractivity contribution in [2.24, 2.45) is 0 Å². The molecule has 0 unspecified atom stereocenters. The molecule has 0 radical (unpaired) electrons. The van der Waals surface area contributed by atoms with Crippen LogP contribution in [-0.2, 0) is 0 Å². The summed E-state index contributed by atoms with van der Waals surface area (Å²) in [5.41, 5.74) is 2.54. The molecule has 0 aliphatic heterocycles. The average Bonchev–Trinajstić information content (AvgIpc) is 2.88. The number of hydrogen-bond donors (Lipinski definition) is 1. The summed E-state index contributed by atoms with van der Waals surface area (Å²) < 4.78 is 1.67.